The molecule has 0 aliphatic carbocycles. The van der Waals surface area contributed by atoms with Gasteiger partial charge in [-0.2, -0.15) is 0 Å². The lowest BCUT2D eigenvalue weighted by molar-refractivity contribution is -0.0637. The van der Waals surface area contributed by atoms with Gasteiger partial charge in [-0.1, -0.05) is 6.07 Å². The Labute approximate surface area is 160 Å². The van der Waals surface area contributed by atoms with Gasteiger partial charge in [0.2, 0.25) is 10.0 Å². The van der Waals surface area contributed by atoms with Gasteiger partial charge in [0.1, 0.15) is 23.7 Å². The predicted molar refractivity (Wildman–Crippen MR) is 102 cm³/mol. The van der Waals surface area contributed by atoms with Crippen molar-refractivity contribution in [2.24, 2.45) is 0 Å². The van der Waals surface area contributed by atoms with Crippen molar-refractivity contribution in [1.82, 2.24) is 4.90 Å². The van der Waals surface area contributed by atoms with Crippen LogP contribution in [-0.4, -0.2) is 56.2 Å². The van der Waals surface area contributed by atoms with E-state index in [-0.39, 0.29) is 12.6 Å². The Morgan fingerprint density at radius 2 is 2.04 bits per heavy atom. The van der Waals surface area contributed by atoms with Crippen LogP contribution in [0.3, 0.4) is 0 Å². The van der Waals surface area contributed by atoms with E-state index in [2.05, 4.69) is 4.72 Å². The Balaban J connectivity index is 2.08. The van der Waals surface area contributed by atoms with Crippen LogP contribution in [0.1, 0.15) is 34.6 Å². The van der Waals surface area contributed by atoms with Crippen molar-refractivity contribution in [1.29, 1.82) is 0 Å². The minimum Gasteiger partial charge on any atom is -0.491 e. The molecule has 0 radical (unpaired) electrons. The molecule has 1 saturated heterocycles. The first-order chi connectivity index (χ1) is 12.3. The number of benzene rings is 1. The van der Waals surface area contributed by atoms with Crippen molar-refractivity contribution in [2.75, 3.05) is 24.2 Å². The van der Waals surface area contributed by atoms with Gasteiger partial charge in [-0.25, -0.2) is 13.2 Å². The number of carbonyl (C=O) groups excluding carboxylic acids is 1. The summed E-state index contributed by atoms with van der Waals surface area (Å²) in [4.78, 5) is 14.1. The second-order valence-electron chi connectivity index (χ2n) is 7.97. The van der Waals surface area contributed by atoms with E-state index in [4.69, 9.17) is 14.2 Å². The molecule has 1 fully saturated rings. The number of sulfonamides is 1. The summed E-state index contributed by atoms with van der Waals surface area (Å²) in [7, 11) is -3.37. The average Bonchev–Trinajstić information content (AvgIpc) is 2.77. The molecule has 1 aromatic rings. The molecule has 1 N–H and O–H groups in total. The number of rotatable bonds is 5. The summed E-state index contributed by atoms with van der Waals surface area (Å²) >= 11 is 0. The van der Waals surface area contributed by atoms with Crippen LogP contribution in [0.4, 0.5) is 10.5 Å². The Morgan fingerprint density at radius 1 is 1.37 bits per heavy atom. The molecule has 0 saturated carbocycles. The molecule has 1 aliphatic heterocycles. The van der Waals surface area contributed by atoms with E-state index < -0.39 is 27.4 Å². The molecule has 1 atom stereocenters. The van der Waals surface area contributed by atoms with Crippen LogP contribution in [0.25, 0.3) is 0 Å². The maximum absolute atomic E-state index is 12.6. The highest BCUT2D eigenvalue weighted by Crippen LogP contribution is 2.30. The quantitative estimate of drug-likeness (QED) is 0.817. The van der Waals surface area contributed by atoms with Gasteiger partial charge >= 0.3 is 6.09 Å². The zero-order valence-corrected chi connectivity index (χ0v) is 17.4. The van der Waals surface area contributed by atoms with Gasteiger partial charge in [0.15, 0.2) is 0 Å². The zero-order chi connectivity index (χ0) is 20.5. The van der Waals surface area contributed by atoms with E-state index in [1.54, 1.807) is 58.9 Å². The van der Waals surface area contributed by atoms with E-state index in [0.717, 1.165) is 6.26 Å². The number of nitrogens with zero attached hydrogens (tertiary/aromatic N) is 1. The average molecular weight is 400 g/mol. The molecule has 8 nitrogen and oxygen atoms in total. The molecule has 1 amide bonds. The third-order valence-electron chi connectivity index (χ3n) is 3.74. The fourth-order valence-corrected chi connectivity index (χ4v) is 3.30. The van der Waals surface area contributed by atoms with Gasteiger partial charge in [0.05, 0.1) is 24.6 Å². The van der Waals surface area contributed by atoms with Crippen LogP contribution in [0.5, 0.6) is 5.75 Å². The summed E-state index contributed by atoms with van der Waals surface area (Å²) in [5, 5.41) is 0. The number of hydrogen-bond acceptors (Lipinski definition) is 6. The molecule has 0 bridgehead atoms. The van der Waals surface area contributed by atoms with Crippen LogP contribution < -0.4 is 9.46 Å². The summed E-state index contributed by atoms with van der Waals surface area (Å²) in [6.07, 6.45) is 0.614. The van der Waals surface area contributed by atoms with Crippen molar-refractivity contribution >= 4 is 21.8 Å². The lowest BCUT2D eigenvalue weighted by Gasteiger charge is -2.35. The topological polar surface area (TPSA) is 94.2 Å². The monoisotopic (exact) mass is 400 g/mol. The van der Waals surface area contributed by atoms with E-state index in [1.165, 1.54) is 4.90 Å². The SMILES string of the molecule is CC(C)(C)OC(=O)N1[C@@H](COc2cccc(NS(C)(=O)=O)c2)COC1(C)C. The number of nitrogens with one attached hydrogen (secondary N) is 1. The van der Waals surface area contributed by atoms with Crippen LogP contribution in [0.15, 0.2) is 24.3 Å². The highest BCUT2D eigenvalue weighted by molar-refractivity contribution is 7.92. The normalized spacial score (nSPS) is 19.6. The van der Waals surface area contributed by atoms with Gasteiger partial charge in [-0.3, -0.25) is 9.62 Å². The predicted octanol–water partition coefficient (Wildman–Crippen LogP) is 2.81. The highest BCUT2D eigenvalue weighted by Gasteiger charge is 2.46. The van der Waals surface area contributed by atoms with Gasteiger partial charge in [-0.15, -0.1) is 0 Å². The summed E-state index contributed by atoms with van der Waals surface area (Å²) in [5.74, 6) is 0.484. The summed E-state index contributed by atoms with van der Waals surface area (Å²) in [6, 6.07) is 6.28. The van der Waals surface area contributed by atoms with Crippen molar-refractivity contribution in [3.63, 3.8) is 0 Å². The van der Waals surface area contributed by atoms with Crippen LogP contribution in [-0.2, 0) is 19.5 Å². The molecule has 1 heterocycles. The number of carbonyl (C=O) groups is 1. The second-order valence-corrected chi connectivity index (χ2v) is 9.72. The molecular formula is C18H28N2O6S. The number of amides is 1. The van der Waals surface area contributed by atoms with Crippen LogP contribution in [0, 0.1) is 0 Å². The number of ether oxygens (including phenoxy) is 3. The number of anilines is 1. The Morgan fingerprint density at radius 3 is 2.63 bits per heavy atom. The second kappa shape index (κ2) is 7.55. The summed E-state index contributed by atoms with van der Waals surface area (Å²) < 4.78 is 42.1. The third-order valence-corrected chi connectivity index (χ3v) is 4.35. The first-order valence-electron chi connectivity index (χ1n) is 8.64. The first kappa shape index (κ1) is 21.3. The van der Waals surface area contributed by atoms with Gasteiger partial charge in [-0.05, 0) is 46.8 Å². The largest absolute Gasteiger partial charge is 0.491 e. The lowest BCUT2D eigenvalue weighted by atomic mass is 10.2. The molecule has 152 valence electrons. The van der Waals surface area contributed by atoms with Gasteiger partial charge in [0, 0.05) is 6.07 Å². The Hall–Kier alpha value is -2.00. The molecule has 1 aliphatic rings. The molecule has 0 aromatic heterocycles. The molecule has 0 spiro atoms. The minimum absolute atomic E-state index is 0.186. The summed E-state index contributed by atoms with van der Waals surface area (Å²) in [5.41, 5.74) is -1.02. The van der Waals surface area contributed by atoms with Crippen molar-refractivity contribution in [3.8, 4) is 5.75 Å². The number of hydrogen-bond donors (Lipinski definition) is 1. The van der Waals surface area contributed by atoms with E-state index in [1.807, 2.05) is 0 Å². The summed E-state index contributed by atoms with van der Waals surface area (Å²) in [6.45, 7) is 9.52. The smallest absolute Gasteiger partial charge is 0.413 e. The van der Waals surface area contributed by atoms with Crippen LogP contribution in [0.2, 0.25) is 0 Å². The molecule has 2 rings (SSSR count). The molecule has 9 heteroatoms. The Kier molecular flexibility index (Phi) is 5.96. The van der Waals surface area contributed by atoms with E-state index >= 15 is 0 Å². The molecular weight excluding hydrogens is 372 g/mol. The zero-order valence-electron chi connectivity index (χ0n) is 16.6. The fourth-order valence-electron chi connectivity index (χ4n) is 2.74. The van der Waals surface area contributed by atoms with Crippen LogP contribution >= 0.6 is 0 Å². The van der Waals surface area contributed by atoms with Crippen molar-refractivity contribution < 1.29 is 27.4 Å². The fraction of sp³-hybridized carbons (Fsp3) is 0.611. The molecule has 27 heavy (non-hydrogen) atoms. The van der Waals surface area contributed by atoms with Crippen molar-refractivity contribution in [2.45, 2.75) is 52.0 Å². The third kappa shape index (κ3) is 6.28. The van der Waals surface area contributed by atoms with Gasteiger partial charge < -0.3 is 14.2 Å². The maximum atomic E-state index is 12.6. The Bertz CT molecular complexity index is 785. The van der Waals surface area contributed by atoms with Gasteiger partial charge in [0.25, 0.3) is 0 Å². The first-order valence-corrected chi connectivity index (χ1v) is 10.5. The van der Waals surface area contributed by atoms with E-state index in [9.17, 15) is 13.2 Å². The molecule has 1 aromatic carbocycles. The van der Waals surface area contributed by atoms with E-state index in [0.29, 0.717) is 18.0 Å². The lowest BCUT2D eigenvalue weighted by Crippen LogP contribution is -2.51. The van der Waals surface area contributed by atoms with Crippen molar-refractivity contribution in [3.05, 3.63) is 24.3 Å². The molecule has 0 unspecified atom stereocenters. The highest BCUT2D eigenvalue weighted by atomic mass is 32.2. The minimum atomic E-state index is -3.37. The maximum Gasteiger partial charge on any atom is 0.413 e. The standard InChI is InChI=1S/C18H28N2O6S/c1-17(2,3)26-16(21)20-14(12-25-18(20,4)5)11-24-15-9-7-8-13(10-15)19-27(6,22)23/h7-10,14,19H,11-12H2,1-6H3/t14-/m0/s1.